The van der Waals surface area contributed by atoms with Gasteiger partial charge in [0.2, 0.25) is 0 Å². The van der Waals surface area contributed by atoms with Crippen LogP contribution in [0.25, 0.3) is 0 Å². The average Bonchev–Trinajstić information content (AvgIpc) is 2.72. The van der Waals surface area contributed by atoms with Crippen LogP contribution in [0.1, 0.15) is 22.5 Å². The number of nitrogens with zero attached hydrogens (tertiary/aromatic N) is 2. The molecule has 2 aliphatic heterocycles. The fourth-order valence-electron chi connectivity index (χ4n) is 3.94. The van der Waals surface area contributed by atoms with Gasteiger partial charge in [0.1, 0.15) is 12.4 Å². The van der Waals surface area contributed by atoms with Crippen LogP contribution in [-0.4, -0.2) is 61.2 Å². The number of amides is 1. The predicted molar refractivity (Wildman–Crippen MR) is 105 cm³/mol. The molecule has 3 heterocycles. The van der Waals surface area contributed by atoms with Crippen molar-refractivity contribution in [2.24, 2.45) is 0 Å². The van der Waals surface area contributed by atoms with Gasteiger partial charge in [0.15, 0.2) is 0 Å². The number of ether oxygens (including phenoxy) is 3. The zero-order chi connectivity index (χ0) is 22.1. The Balaban J connectivity index is 1.36. The molecule has 0 N–H and O–H groups in total. The zero-order valence-corrected chi connectivity index (χ0v) is 17.2. The largest absolute Gasteiger partial charge is 0.522 e. The monoisotopic (exact) mass is 456 g/mol. The predicted octanol–water partition coefficient (Wildman–Crippen LogP) is 3.83. The van der Waals surface area contributed by atoms with Gasteiger partial charge in [0.05, 0.1) is 35.4 Å². The molecule has 0 aliphatic carbocycles. The fraction of sp³-hybridized carbons (Fsp3) is 0.429. The first-order valence-electron chi connectivity index (χ1n) is 9.74. The lowest BCUT2D eigenvalue weighted by Crippen LogP contribution is -2.65. The maximum atomic E-state index is 13.0. The summed E-state index contributed by atoms with van der Waals surface area (Å²) in [7, 11) is 0. The molecule has 1 aromatic heterocycles. The minimum atomic E-state index is -4.71. The molecular weight excluding hydrogens is 437 g/mol. The number of aromatic nitrogens is 1. The summed E-state index contributed by atoms with van der Waals surface area (Å²) in [6.45, 7) is 0.605. The maximum absolute atomic E-state index is 13.0. The van der Waals surface area contributed by atoms with E-state index in [2.05, 4.69) is 9.72 Å². The van der Waals surface area contributed by atoms with E-state index in [9.17, 15) is 18.0 Å². The molecule has 1 aromatic carbocycles. The van der Waals surface area contributed by atoms with E-state index in [0.29, 0.717) is 25.3 Å². The molecule has 0 saturated carbocycles. The van der Waals surface area contributed by atoms with Crippen molar-refractivity contribution in [2.75, 3.05) is 32.9 Å². The number of pyridine rings is 1. The topological polar surface area (TPSA) is 60.9 Å². The number of alkyl halides is 3. The SMILES string of the molecule is O=C(c1ccc(OCCOC(F)(F)F)c(Cl)c1)N1CC[C@@]2(c3ccccn3)CO[C@H]2C1. The average molecular weight is 457 g/mol. The van der Waals surface area contributed by atoms with E-state index in [1.54, 1.807) is 11.1 Å². The first-order valence-corrected chi connectivity index (χ1v) is 10.1. The number of benzene rings is 1. The molecule has 4 rings (SSSR count). The van der Waals surface area contributed by atoms with Crippen molar-refractivity contribution in [3.8, 4) is 5.75 Å². The van der Waals surface area contributed by atoms with Gasteiger partial charge in [-0.05, 0) is 36.8 Å². The van der Waals surface area contributed by atoms with Crippen LogP contribution >= 0.6 is 11.6 Å². The fourth-order valence-corrected chi connectivity index (χ4v) is 4.18. The Bertz CT molecular complexity index is 944. The molecule has 2 aromatic rings. The third kappa shape index (κ3) is 4.63. The molecule has 2 aliphatic rings. The second-order valence-corrected chi connectivity index (χ2v) is 7.87. The molecular formula is C21H20ClF3N2O4. The Morgan fingerprint density at radius 1 is 1.29 bits per heavy atom. The third-order valence-corrected chi connectivity index (χ3v) is 5.92. The highest BCUT2D eigenvalue weighted by Gasteiger charge is 2.54. The normalized spacial score (nSPS) is 23.1. The molecule has 0 spiro atoms. The molecule has 31 heavy (non-hydrogen) atoms. The van der Waals surface area contributed by atoms with Gasteiger partial charge in [-0.3, -0.25) is 14.5 Å². The van der Waals surface area contributed by atoms with E-state index in [1.165, 1.54) is 18.2 Å². The van der Waals surface area contributed by atoms with Gasteiger partial charge in [0.25, 0.3) is 5.91 Å². The summed E-state index contributed by atoms with van der Waals surface area (Å²) in [5, 5.41) is 0.137. The van der Waals surface area contributed by atoms with E-state index in [0.717, 1.165) is 12.1 Å². The van der Waals surface area contributed by atoms with Crippen molar-refractivity contribution in [3.05, 3.63) is 58.9 Å². The van der Waals surface area contributed by atoms with E-state index >= 15 is 0 Å². The lowest BCUT2D eigenvalue weighted by Gasteiger charge is -2.54. The number of hydrogen-bond donors (Lipinski definition) is 0. The summed E-state index contributed by atoms with van der Waals surface area (Å²) in [5.74, 6) is -0.0156. The second-order valence-electron chi connectivity index (χ2n) is 7.46. The van der Waals surface area contributed by atoms with Crippen LogP contribution in [0.4, 0.5) is 13.2 Å². The summed E-state index contributed by atoms with van der Waals surface area (Å²) >= 11 is 6.15. The van der Waals surface area contributed by atoms with Crippen molar-refractivity contribution < 1.29 is 32.2 Å². The van der Waals surface area contributed by atoms with Gasteiger partial charge in [0, 0.05) is 24.8 Å². The van der Waals surface area contributed by atoms with Crippen molar-refractivity contribution >= 4 is 17.5 Å². The summed E-state index contributed by atoms with van der Waals surface area (Å²) in [6, 6.07) is 10.3. The van der Waals surface area contributed by atoms with E-state index in [4.69, 9.17) is 21.1 Å². The van der Waals surface area contributed by atoms with E-state index in [-0.39, 0.29) is 34.8 Å². The number of halogens is 4. The number of carbonyl (C=O) groups is 1. The van der Waals surface area contributed by atoms with Crippen LogP contribution in [0, 0.1) is 0 Å². The van der Waals surface area contributed by atoms with Crippen LogP contribution in [0.2, 0.25) is 5.02 Å². The first-order chi connectivity index (χ1) is 14.8. The number of likely N-dealkylation sites (tertiary alicyclic amines) is 1. The minimum absolute atomic E-state index is 0.119. The number of rotatable bonds is 6. The second kappa shape index (κ2) is 8.64. The lowest BCUT2D eigenvalue weighted by atomic mass is 9.70. The number of hydrogen-bond acceptors (Lipinski definition) is 5. The Hall–Kier alpha value is -2.36. The summed E-state index contributed by atoms with van der Waals surface area (Å²) in [6.07, 6.45) is -2.32. The molecule has 0 radical (unpaired) electrons. The molecule has 6 nitrogen and oxygen atoms in total. The first kappa shape index (κ1) is 21.9. The van der Waals surface area contributed by atoms with E-state index < -0.39 is 13.0 Å². The van der Waals surface area contributed by atoms with Crippen LogP contribution in [0.5, 0.6) is 5.75 Å². The Labute approximate surface area is 181 Å². The highest BCUT2D eigenvalue weighted by molar-refractivity contribution is 6.32. The zero-order valence-electron chi connectivity index (χ0n) is 16.4. The molecule has 0 unspecified atom stereocenters. The van der Waals surface area contributed by atoms with E-state index in [1.807, 2.05) is 18.2 Å². The van der Waals surface area contributed by atoms with Gasteiger partial charge < -0.3 is 14.4 Å². The summed E-state index contributed by atoms with van der Waals surface area (Å²) in [4.78, 5) is 19.2. The Morgan fingerprint density at radius 3 is 2.74 bits per heavy atom. The smallest absolute Gasteiger partial charge is 0.490 e. The maximum Gasteiger partial charge on any atom is 0.522 e. The molecule has 2 fully saturated rings. The van der Waals surface area contributed by atoms with Crippen molar-refractivity contribution in [1.82, 2.24) is 9.88 Å². The molecule has 10 heteroatoms. The molecule has 0 bridgehead atoms. The molecule has 2 atom stereocenters. The third-order valence-electron chi connectivity index (χ3n) is 5.62. The molecule has 1 amide bonds. The summed E-state index contributed by atoms with van der Waals surface area (Å²) < 4.78 is 50.6. The quantitative estimate of drug-likeness (QED) is 0.618. The van der Waals surface area contributed by atoms with Crippen molar-refractivity contribution in [1.29, 1.82) is 0 Å². The number of piperidine rings is 1. The number of fused-ring (bicyclic) bond motifs is 1. The Morgan fingerprint density at radius 2 is 2.13 bits per heavy atom. The highest BCUT2D eigenvalue weighted by atomic mass is 35.5. The lowest BCUT2D eigenvalue weighted by molar-refractivity contribution is -0.325. The van der Waals surface area contributed by atoms with Crippen LogP contribution < -0.4 is 4.74 Å². The van der Waals surface area contributed by atoms with Crippen molar-refractivity contribution in [2.45, 2.75) is 24.3 Å². The molecule has 2 saturated heterocycles. The summed E-state index contributed by atoms with van der Waals surface area (Å²) in [5.41, 5.74) is 1.19. The highest BCUT2D eigenvalue weighted by Crippen LogP contribution is 2.44. The van der Waals surface area contributed by atoms with Crippen LogP contribution in [-0.2, 0) is 14.9 Å². The van der Waals surface area contributed by atoms with Gasteiger partial charge in [-0.2, -0.15) is 0 Å². The standard InChI is InChI=1S/C21H20ClF3N2O4/c22-15-11-14(4-5-16(15)29-9-10-31-21(23,24)25)19(28)27-8-6-20(13-30-18(20)12-27)17-3-1-2-7-26-17/h1-5,7,11,18H,6,8-10,12-13H2/t18-,20-/m0/s1. The van der Waals surface area contributed by atoms with Crippen LogP contribution in [0.3, 0.4) is 0 Å². The van der Waals surface area contributed by atoms with Gasteiger partial charge >= 0.3 is 6.36 Å². The van der Waals surface area contributed by atoms with Crippen molar-refractivity contribution in [3.63, 3.8) is 0 Å². The Kier molecular flexibility index (Phi) is 6.09. The van der Waals surface area contributed by atoms with Crippen LogP contribution in [0.15, 0.2) is 42.6 Å². The van der Waals surface area contributed by atoms with Gasteiger partial charge in [-0.1, -0.05) is 17.7 Å². The minimum Gasteiger partial charge on any atom is -0.490 e. The molecule has 166 valence electrons. The number of carbonyl (C=O) groups excluding carboxylic acids is 1. The van der Waals surface area contributed by atoms with Gasteiger partial charge in [-0.15, -0.1) is 13.2 Å². The van der Waals surface area contributed by atoms with Gasteiger partial charge in [-0.25, -0.2) is 0 Å².